The van der Waals surface area contributed by atoms with Gasteiger partial charge in [0.05, 0.1) is 22.7 Å². The number of aliphatic hydroxyl groups is 1. The van der Waals surface area contributed by atoms with Crippen LogP contribution in [-0.2, 0) is 0 Å². The zero-order valence-corrected chi connectivity index (χ0v) is 12.3. The summed E-state index contributed by atoms with van der Waals surface area (Å²) < 4.78 is 0. The minimum Gasteiger partial charge on any atom is -0.388 e. The van der Waals surface area contributed by atoms with E-state index in [0.29, 0.717) is 15.4 Å². The van der Waals surface area contributed by atoms with E-state index >= 15 is 0 Å². The van der Waals surface area contributed by atoms with E-state index in [9.17, 15) is 15.2 Å². The maximum atomic E-state index is 11.2. The molecule has 1 heterocycles. The molecule has 1 atom stereocenters. The summed E-state index contributed by atoms with van der Waals surface area (Å²) in [6, 6.07) is 10.2. The van der Waals surface area contributed by atoms with Crippen LogP contribution < -0.4 is 4.90 Å². The van der Waals surface area contributed by atoms with Gasteiger partial charge in [0.2, 0.25) is 0 Å². The lowest BCUT2D eigenvalue weighted by Gasteiger charge is -2.16. The van der Waals surface area contributed by atoms with Crippen molar-refractivity contribution in [3.05, 3.63) is 50.9 Å². The van der Waals surface area contributed by atoms with Crippen LogP contribution in [0.5, 0.6) is 0 Å². The van der Waals surface area contributed by atoms with Crippen molar-refractivity contribution in [2.24, 2.45) is 0 Å². The number of hydrogen-bond acceptors (Lipinski definition) is 6. The molecule has 0 unspecified atom stereocenters. The lowest BCUT2D eigenvalue weighted by molar-refractivity contribution is -0.383. The average Bonchev–Trinajstić information content (AvgIpc) is 2.92. The average molecular weight is 303 g/mol. The standard InChI is InChI=1S/C14H13N3O3S/c1-9(18)13-7-12(17(19)20)14(21-13)16(2)11-5-3-10(8-15)4-6-11/h3-7,9,18H,1-2H3/t9-/m1/s1. The molecule has 2 aromatic rings. The molecule has 0 aliphatic rings. The van der Waals surface area contributed by atoms with Crippen LogP contribution in [0.2, 0.25) is 0 Å². The number of rotatable bonds is 4. The van der Waals surface area contributed by atoms with Crippen LogP contribution in [-0.4, -0.2) is 17.1 Å². The van der Waals surface area contributed by atoms with Gasteiger partial charge in [-0.1, -0.05) is 0 Å². The quantitative estimate of drug-likeness (QED) is 0.691. The fourth-order valence-corrected chi connectivity index (χ4v) is 2.89. The number of benzene rings is 1. The smallest absolute Gasteiger partial charge is 0.304 e. The van der Waals surface area contributed by atoms with Gasteiger partial charge >= 0.3 is 5.69 Å². The Morgan fingerprint density at radius 3 is 2.52 bits per heavy atom. The summed E-state index contributed by atoms with van der Waals surface area (Å²) in [6.07, 6.45) is -0.753. The Kier molecular flexibility index (Phi) is 4.21. The molecule has 2 rings (SSSR count). The zero-order valence-electron chi connectivity index (χ0n) is 11.5. The molecule has 0 aliphatic heterocycles. The monoisotopic (exact) mass is 303 g/mol. The van der Waals surface area contributed by atoms with Crippen molar-refractivity contribution in [1.82, 2.24) is 0 Å². The van der Waals surface area contributed by atoms with Crippen LogP contribution in [0.3, 0.4) is 0 Å². The first-order valence-corrected chi connectivity index (χ1v) is 6.95. The van der Waals surface area contributed by atoms with E-state index in [4.69, 9.17) is 5.26 Å². The van der Waals surface area contributed by atoms with Crippen LogP contribution >= 0.6 is 11.3 Å². The van der Waals surface area contributed by atoms with Crippen LogP contribution in [0.1, 0.15) is 23.5 Å². The number of aliphatic hydroxyl groups excluding tert-OH is 1. The van der Waals surface area contributed by atoms with Crippen molar-refractivity contribution in [2.45, 2.75) is 13.0 Å². The zero-order chi connectivity index (χ0) is 15.6. The number of nitro groups is 1. The van der Waals surface area contributed by atoms with Gasteiger partial charge in [0.15, 0.2) is 5.00 Å². The highest BCUT2D eigenvalue weighted by atomic mass is 32.1. The fraction of sp³-hybridized carbons (Fsp3) is 0.214. The van der Waals surface area contributed by atoms with Gasteiger partial charge in [-0.15, -0.1) is 11.3 Å². The molecular weight excluding hydrogens is 290 g/mol. The molecule has 0 radical (unpaired) electrons. The van der Waals surface area contributed by atoms with E-state index in [1.807, 2.05) is 6.07 Å². The Morgan fingerprint density at radius 1 is 1.43 bits per heavy atom. The van der Waals surface area contributed by atoms with Gasteiger partial charge in [-0.05, 0) is 31.2 Å². The Morgan fingerprint density at radius 2 is 2.05 bits per heavy atom. The molecule has 0 amide bonds. The Balaban J connectivity index is 2.43. The first-order chi connectivity index (χ1) is 9.93. The molecule has 0 spiro atoms. The maximum Gasteiger partial charge on any atom is 0.304 e. The molecule has 1 aromatic heterocycles. The molecule has 0 bridgehead atoms. The van der Waals surface area contributed by atoms with Crippen LogP contribution in [0.4, 0.5) is 16.4 Å². The molecule has 6 nitrogen and oxygen atoms in total. The van der Waals surface area contributed by atoms with Crippen molar-refractivity contribution in [1.29, 1.82) is 5.26 Å². The fourth-order valence-electron chi connectivity index (χ4n) is 1.84. The maximum absolute atomic E-state index is 11.2. The molecule has 0 fully saturated rings. The molecular formula is C14H13N3O3S. The minimum atomic E-state index is -0.753. The summed E-state index contributed by atoms with van der Waals surface area (Å²) in [5.74, 6) is 0. The van der Waals surface area contributed by atoms with Gasteiger partial charge in [-0.25, -0.2) is 0 Å². The molecule has 0 saturated heterocycles. The molecule has 0 aliphatic carbocycles. The van der Waals surface area contributed by atoms with Crippen molar-refractivity contribution in [3.8, 4) is 6.07 Å². The minimum absolute atomic E-state index is 0.0391. The number of anilines is 2. The summed E-state index contributed by atoms with van der Waals surface area (Å²) in [4.78, 5) is 12.9. The van der Waals surface area contributed by atoms with Gasteiger partial charge in [0.1, 0.15) is 0 Å². The second-order valence-electron chi connectivity index (χ2n) is 4.49. The Hall–Kier alpha value is -2.43. The summed E-state index contributed by atoms with van der Waals surface area (Å²) in [5.41, 5.74) is 1.22. The van der Waals surface area contributed by atoms with Crippen molar-refractivity contribution in [3.63, 3.8) is 0 Å². The number of nitrogens with zero attached hydrogens (tertiary/aromatic N) is 3. The highest BCUT2D eigenvalue weighted by Crippen LogP contribution is 2.42. The van der Waals surface area contributed by atoms with E-state index in [2.05, 4.69) is 0 Å². The van der Waals surface area contributed by atoms with Gasteiger partial charge in [-0.3, -0.25) is 10.1 Å². The van der Waals surface area contributed by atoms with Gasteiger partial charge in [0.25, 0.3) is 0 Å². The van der Waals surface area contributed by atoms with Crippen LogP contribution in [0, 0.1) is 21.4 Å². The molecule has 7 heteroatoms. The SMILES string of the molecule is C[C@@H](O)c1cc([N+](=O)[O-])c(N(C)c2ccc(C#N)cc2)s1. The van der Waals surface area contributed by atoms with E-state index < -0.39 is 11.0 Å². The van der Waals surface area contributed by atoms with E-state index in [-0.39, 0.29) is 5.69 Å². The first-order valence-electron chi connectivity index (χ1n) is 6.14. The number of hydrogen-bond donors (Lipinski definition) is 1. The summed E-state index contributed by atoms with van der Waals surface area (Å²) in [6.45, 7) is 1.57. The molecule has 1 N–H and O–H groups in total. The van der Waals surface area contributed by atoms with Crippen molar-refractivity contribution < 1.29 is 10.0 Å². The molecule has 21 heavy (non-hydrogen) atoms. The summed E-state index contributed by atoms with van der Waals surface area (Å²) in [5, 5.41) is 30.0. The summed E-state index contributed by atoms with van der Waals surface area (Å²) >= 11 is 1.18. The Bertz CT molecular complexity index is 701. The third-order valence-corrected chi connectivity index (χ3v) is 4.38. The second kappa shape index (κ2) is 5.91. The second-order valence-corrected chi connectivity index (χ2v) is 5.55. The predicted molar refractivity (Wildman–Crippen MR) is 80.8 cm³/mol. The number of thiophene rings is 1. The van der Waals surface area contributed by atoms with E-state index in [1.54, 1.807) is 43.1 Å². The lowest BCUT2D eigenvalue weighted by atomic mass is 10.2. The van der Waals surface area contributed by atoms with Crippen molar-refractivity contribution >= 4 is 27.7 Å². The van der Waals surface area contributed by atoms with Gasteiger partial charge < -0.3 is 10.0 Å². The highest BCUT2D eigenvalue weighted by molar-refractivity contribution is 7.16. The predicted octanol–water partition coefficient (Wildman–Crippen LogP) is 3.35. The Labute approximate surface area is 125 Å². The lowest BCUT2D eigenvalue weighted by Crippen LogP contribution is -2.09. The molecule has 0 saturated carbocycles. The largest absolute Gasteiger partial charge is 0.388 e. The highest BCUT2D eigenvalue weighted by Gasteiger charge is 2.24. The summed E-state index contributed by atoms with van der Waals surface area (Å²) in [7, 11) is 1.71. The third kappa shape index (κ3) is 3.02. The topological polar surface area (TPSA) is 90.4 Å². The van der Waals surface area contributed by atoms with E-state index in [0.717, 1.165) is 5.69 Å². The third-order valence-electron chi connectivity index (χ3n) is 3.01. The molecule has 1 aromatic carbocycles. The van der Waals surface area contributed by atoms with Crippen LogP contribution in [0.25, 0.3) is 0 Å². The van der Waals surface area contributed by atoms with E-state index in [1.165, 1.54) is 17.4 Å². The van der Waals surface area contributed by atoms with Gasteiger partial charge in [-0.2, -0.15) is 5.26 Å². The number of nitriles is 1. The normalized spacial score (nSPS) is 11.7. The molecule has 108 valence electrons. The van der Waals surface area contributed by atoms with Crippen molar-refractivity contribution in [2.75, 3.05) is 11.9 Å². The first kappa shape index (κ1) is 15.0. The van der Waals surface area contributed by atoms with Crippen LogP contribution in [0.15, 0.2) is 30.3 Å². The van der Waals surface area contributed by atoms with Gasteiger partial charge in [0, 0.05) is 23.7 Å².